The number of carboxylic acids is 2. The van der Waals surface area contributed by atoms with Crippen molar-refractivity contribution in [3.05, 3.63) is 72.3 Å². The normalized spacial score (nSPS) is 15.6. The van der Waals surface area contributed by atoms with Gasteiger partial charge in [0.2, 0.25) is 53.2 Å². The summed E-state index contributed by atoms with van der Waals surface area (Å²) in [6.45, 7) is 12.9. The Labute approximate surface area is 487 Å². The van der Waals surface area contributed by atoms with E-state index in [0.717, 1.165) is 0 Å². The molecule has 0 aliphatic carbocycles. The average Bonchev–Trinajstić information content (AvgIpc) is 3.80. The van der Waals surface area contributed by atoms with Crippen LogP contribution < -0.4 is 59.3 Å². The second-order valence-electron chi connectivity index (χ2n) is 21.6. The van der Waals surface area contributed by atoms with Crippen LogP contribution in [0.5, 0.6) is 0 Å². The van der Waals surface area contributed by atoms with Gasteiger partial charge >= 0.3 is 11.9 Å². The van der Waals surface area contributed by atoms with E-state index in [9.17, 15) is 68.1 Å². The molecule has 0 aliphatic heterocycles. The summed E-state index contributed by atoms with van der Waals surface area (Å²) in [4.78, 5) is 163. The molecule has 464 valence electrons. The maximum absolute atomic E-state index is 14.5. The van der Waals surface area contributed by atoms with Gasteiger partial charge in [-0.3, -0.25) is 47.9 Å². The highest BCUT2D eigenvalue weighted by Gasteiger charge is 2.38. The Morgan fingerprint density at radius 2 is 1.01 bits per heavy atom. The van der Waals surface area contributed by atoms with Gasteiger partial charge in [-0.2, -0.15) is 0 Å². The van der Waals surface area contributed by atoms with E-state index in [-0.39, 0.29) is 44.4 Å². The Hall–Kier alpha value is -8.31. The van der Waals surface area contributed by atoms with Crippen LogP contribution in [0.1, 0.15) is 111 Å². The number of aliphatic hydroxyl groups excluding tert-OH is 1. The highest BCUT2D eigenvalue weighted by atomic mass is 16.4. The highest BCUT2D eigenvalue weighted by molar-refractivity contribution is 5.99. The van der Waals surface area contributed by atoms with Gasteiger partial charge in [0.15, 0.2) is 0 Å². The van der Waals surface area contributed by atoms with Gasteiger partial charge < -0.3 is 84.6 Å². The molecule has 0 radical (unpaired) electrons. The minimum absolute atomic E-state index is 0.0911. The molecule has 84 heavy (non-hydrogen) atoms. The Balaban J connectivity index is 1.92. The number of carbonyl (C=O) groups excluding carboxylic acids is 9. The van der Waals surface area contributed by atoms with Gasteiger partial charge in [-0.25, -0.2) is 14.8 Å². The lowest BCUT2D eigenvalue weighted by Gasteiger charge is -2.30. The number of amides is 9. The molecule has 29 heteroatoms. The van der Waals surface area contributed by atoms with Crippen LogP contribution in [0.3, 0.4) is 0 Å². The van der Waals surface area contributed by atoms with Crippen molar-refractivity contribution in [1.29, 1.82) is 0 Å². The number of rotatable bonds is 37. The number of carbonyl (C=O) groups is 11. The second kappa shape index (κ2) is 35.0. The lowest BCUT2D eigenvalue weighted by molar-refractivity contribution is -0.142. The first kappa shape index (κ1) is 70.0. The van der Waals surface area contributed by atoms with E-state index in [1.807, 2.05) is 0 Å². The maximum Gasteiger partial charge on any atom is 0.326 e. The van der Waals surface area contributed by atoms with Gasteiger partial charge in [0.05, 0.1) is 25.2 Å². The number of H-pyrrole nitrogens is 2. The highest BCUT2D eigenvalue weighted by Crippen LogP contribution is 2.14. The fraction of sp³-hybridized carbons (Fsp3) is 0.582. The summed E-state index contributed by atoms with van der Waals surface area (Å²) in [5, 5.41) is 52.6. The standard InChI is InChI=1S/C55H85N15O14/c1-9-30(6)45(70-50(78)40(22-35-25-59-27-61-35)64-46(74)31(7)62-52(80)43(57)32(8)71)54(82)68-41(23-42(72)73)51(79)69-44(29(4)5)53(81)67-39(21-34-24-58-26-60-34)49(77)66-38(20-33-15-11-10-12-16-33)48(76)65-37(19-28(2)3)47(75)63-36(55(83)84)17-13-14-18-56/h10-12,15-16,24-32,36-41,43-45,71H,9,13-14,17-23,56-57H2,1-8H3,(H,58,60)(H,59,61)(H,62,80)(H,63,75)(H,64,74)(H,65,76)(H,66,77)(H,67,81)(H,68,82)(H,69,79)(H,70,78)(H,72,73)(H,83,84)/t30-,31-,32+,36-,37-,38-,39-,40-,41-,43-,44-,45-/m0/s1. The van der Waals surface area contributed by atoms with E-state index in [4.69, 9.17) is 11.5 Å². The zero-order valence-electron chi connectivity index (χ0n) is 48.7. The summed E-state index contributed by atoms with van der Waals surface area (Å²) in [6.07, 6.45) is 4.05. The number of nitrogens with one attached hydrogen (secondary N) is 11. The quantitative estimate of drug-likeness (QED) is 0.0270. The summed E-state index contributed by atoms with van der Waals surface area (Å²) in [5.74, 6) is -12.5. The Morgan fingerprint density at radius 1 is 0.548 bits per heavy atom. The molecule has 0 saturated carbocycles. The number of hydrogen-bond acceptors (Lipinski definition) is 16. The van der Waals surface area contributed by atoms with Crippen molar-refractivity contribution in [2.45, 2.75) is 180 Å². The number of aliphatic hydroxyl groups is 1. The lowest BCUT2D eigenvalue weighted by atomic mass is 9.96. The number of nitrogens with zero attached hydrogens (tertiary/aromatic N) is 2. The molecule has 3 rings (SSSR count). The van der Waals surface area contributed by atoms with Crippen molar-refractivity contribution < 1.29 is 68.1 Å². The first-order chi connectivity index (χ1) is 39.6. The molecule has 0 unspecified atom stereocenters. The Morgan fingerprint density at radius 3 is 1.50 bits per heavy atom. The van der Waals surface area contributed by atoms with Gasteiger partial charge in [0.25, 0.3) is 0 Å². The molecule has 2 aromatic heterocycles. The number of aromatic amines is 2. The van der Waals surface area contributed by atoms with E-state index in [1.165, 1.54) is 38.9 Å². The summed E-state index contributed by atoms with van der Waals surface area (Å²) in [5.41, 5.74) is 12.6. The first-order valence-corrected chi connectivity index (χ1v) is 28.0. The number of hydrogen-bond donors (Lipinski definition) is 16. The van der Waals surface area contributed by atoms with Crippen LogP contribution in [0.25, 0.3) is 0 Å². The summed E-state index contributed by atoms with van der Waals surface area (Å²) < 4.78 is 0. The molecule has 0 saturated heterocycles. The van der Waals surface area contributed by atoms with Crippen LogP contribution in [0.2, 0.25) is 0 Å². The van der Waals surface area contributed by atoms with Crippen molar-refractivity contribution in [2.75, 3.05) is 6.54 Å². The van der Waals surface area contributed by atoms with Crippen molar-refractivity contribution in [1.82, 2.24) is 67.8 Å². The van der Waals surface area contributed by atoms with Crippen LogP contribution in [0.4, 0.5) is 0 Å². The van der Waals surface area contributed by atoms with Gasteiger partial charge in [0, 0.05) is 43.0 Å². The number of aliphatic carboxylic acids is 2. The summed E-state index contributed by atoms with van der Waals surface area (Å²) >= 11 is 0. The van der Waals surface area contributed by atoms with Gasteiger partial charge in [-0.05, 0) is 69.4 Å². The predicted molar refractivity (Wildman–Crippen MR) is 304 cm³/mol. The minimum atomic E-state index is -1.86. The summed E-state index contributed by atoms with van der Waals surface area (Å²) in [6, 6.07) is -5.65. The van der Waals surface area contributed by atoms with E-state index < -0.39 is 150 Å². The maximum atomic E-state index is 14.5. The fourth-order valence-corrected chi connectivity index (χ4v) is 8.52. The van der Waals surface area contributed by atoms with Gasteiger partial charge in [0.1, 0.15) is 60.4 Å². The minimum Gasteiger partial charge on any atom is -0.481 e. The van der Waals surface area contributed by atoms with Gasteiger partial charge in [-0.15, -0.1) is 0 Å². The van der Waals surface area contributed by atoms with Gasteiger partial charge in [-0.1, -0.05) is 78.3 Å². The number of carboxylic acid groups (broad SMARTS) is 2. The molecule has 12 atom stereocenters. The zero-order chi connectivity index (χ0) is 62.8. The van der Waals surface area contributed by atoms with Crippen LogP contribution >= 0.6 is 0 Å². The van der Waals surface area contributed by atoms with Crippen LogP contribution in [0.15, 0.2) is 55.4 Å². The third-order valence-electron chi connectivity index (χ3n) is 13.7. The zero-order valence-corrected chi connectivity index (χ0v) is 48.7. The van der Waals surface area contributed by atoms with Crippen LogP contribution in [0, 0.1) is 17.8 Å². The predicted octanol–water partition coefficient (Wildman–Crippen LogP) is -2.31. The third-order valence-corrected chi connectivity index (χ3v) is 13.7. The molecule has 1 aromatic carbocycles. The average molecular weight is 1180 g/mol. The fourth-order valence-electron chi connectivity index (χ4n) is 8.52. The number of imidazole rings is 2. The Bertz CT molecular complexity index is 2640. The molecule has 9 amide bonds. The number of aromatic nitrogens is 4. The molecule has 0 bridgehead atoms. The van der Waals surface area contributed by atoms with Crippen LogP contribution in [-0.2, 0) is 72.0 Å². The molecule has 2 heterocycles. The van der Waals surface area contributed by atoms with E-state index >= 15 is 0 Å². The SMILES string of the molecule is CC[C@H](C)[C@H](NC(=O)[C@H](Cc1cnc[nH]1)NC(=O)[C@H](C)NC(=O)[C@@H](N)[C@@H](C)O)C(=O)N[C@@H](CC(=O)O)C(=O)N[C@H](C(=O)N[C@@H](Cc1cnc[nH]1)C(=O)N[C@@H](Cc1ccccc1)C(=O)N[C@@H](CC(C)C)C(=O)N[C@@H](CCCCN)C(=O)O)C(C)C. The molecule has 3 aromatic rings. The van der Waals surface area contributed by atoms with Crippen molar-refractivity contribution in [3.63, 3.8) is 0 Å². The molecular weight excluding hydrogens is 1090 g/mol. The van der Waals surface area contributed by atoms with Crippen molar-refractivity contribution in [3.8, 4) is 0 Å². The first-order valence-electron chi connectivity index (χ1n) is 28.0. The third kappa shape index (κ3) is 23.5. The number of nitrogens with two attached hydrogens (primary N) is 2. The van der Waals surface area contributed by atoms with Crippen molar-refractivity contribution >= 4 is 65.1 Å². The smallest absolute Gasteiger partial charge is 0.326 e. The molecular formula is C55H85N15O14. The number of benzene rings is 1. The monoisotopic (exact) mass is 1180 g/mol. The number of unbranched alkanes of at least 4 members (excludes halogenated alkanes) is 1. The molecule has 18 N–H and O–H groups in total. The van der Waals surface area contributed by atoms with E-state index in [2.05, 4.69) is 67.8 Å². The lowest BCUT2D eigenvalue weighted by Crippen LogP contribution is -2.62. The molecule has 0 fully saturated rings. The molecule has 0 spiro atoms. The molecule has 29 nitrogen and oxygen atoms in total. The topological polar surface area (TPSA) is 466 Å². The largest absolute Gasteiger partial charge is 0.481 e. The van der Waals surface area contributed by atoms with E-state index in [1.54, 1.807) is 71.9 Å². The Kier molecular flexibility index (Phi) is 29.1. The second-order valence-corrected chi connectivity index (χ2v) is 21.6. The van der Waals surface area contributed by atoms with E-state index in [0.29, 0.717) is 36.3 Å². The molecule has 0 aliphatic rings. The summed E-state index contributed by atoms with van der Waals surface area (Å²) in [7, 11) is 0. The van der Waals surface area contributed by atoms with Crippen molar-refractivity contribution in [2.24, 2.45) is 29.2 Å². The van der Waals surface area contributed by atoms with Crippen LogP contribution in [-0.4, -0.2) is 173 Å².